The van der Waals surface area contributed by atoms with Crippen molar-refractivity contribution >= 4 is 34.0 Å². The zero-order valence-corrected chi connectivity index (χ0v) is 19.6. The van der Waals surface area contributed by atoms with Crippen LogP contribution >= 0.6 is 11.3 Å². The third kappa shape index (κ3) is 5.51. The Morgan fingerprint density at radius 2 is 1.91 bits per heavy atom. The molecule has 33 heavy (non-hydrogen) atoms. The minimum absolute atomic E-state index is 0.144. The summed E-state index contributed by atoms with van der Waals surface area (Å²) in [5.41, 5.74) is 3.31. The fraction of sp³-hybridized carbons (Fsp3) is 0.320. The number of hydrogen-bond acceptors (Lipinski definition) is 6. The molecule has 0 bridgehead atoms. The van der Waals surface area contributed by atoms with Gasteiger partial charge in [0.15, 0.2) is 5.13 Å². The first-order chi connectivity index (χ1) is 16.1. The molecule has 1 aliphatic rings. The minimum atomic E-state index is -0.144. The molecule has 0 radical (unpaired) electrons. The maximum absolute atomic E-state index is 12.6. The van der Waals surface area contributed by atoms with Gasteiger partial charge in [0.25, 0.3) is 0 Å². The monoisotopic (exact) mass is 465 g/mol. The van der Waals surface area contributed by atoms with Gasteiger partial charge in [0, 0.05) is 29.6 Å². The van der Waals surface area contributed by atoms with Gasteiger partial charge in [0.2, 0.25) is 11.8 Å². The van der Waals surface area contributed by atoms with Crippen LogP contribution in [0.1, 0.15) is 32.3 Å². The summed E-state index contributed by atoms with van der Waals surface area (Å²) in [6, 6.07) is 13.2. The number of thiazole rings is 1. The van der Waals surface area contributed by atoms with Crippen LogP contribution in [0.3, 0.4) is 0 Å². The SMILES string of the molecule is CCOc1ccc(OCC)c(-c2csc(NC(=O)Cc3ccc(N4CCCC4=O)cc3)n2)c1. The number of carbonyl (C=O) groups excluding carboxylic acids is 2. The average Bonchev–Trinajstić information content (AvgIpc) is 3.44. The maximum Gasteiger partial charge on any atom is 0.230 e. The summed E-state index contributed by atoms with van der Waals surface area (Å²) in [5.74, 6) is 1.47. The van der Waals surface area contributed by atoms with Crippen LogP contribution in [0.15, 0.2) is 47.8 Å². The molecular formula is C25H27N3O4S. The van der Waals surface area contributed by atoms with E-state index in [9.17, 15) is 9.59 Å². The Bertz CT molecular complexity index is 1130. The van der Waals surface area contributed by atoms with Gasteiger partial charge in [-0.05, 0) is 56.2 Å². The highest BCUT2D eigenvalue weighted by Gasteiger charge is 2.21. The van der Waals surface area contributed by atoms with Crippen molar-refractivity contribution in [2.45, 2.75) is 33.1 Å². The highest BCUT2D eigenvalue weighted by atomic mass is 32.1. The van der Waals surface area contributed by atoms with E-state index in [0.29, 0.717) is 24.8 Å². The van der Waals surface area contributed by atoms with Crippen LogP contribution in [-0.4, -0.2) is 36.6 Å². The van der Waals surface area contributed by atoms with Gasteiger partial charge in [0.05, 0.1) is 25.3 Å². The largest absolute Gasteiger partial charge is 0.494 e. The highest BCUT2D eigenvalue weighted by Crippen LogP contribution is 2.35. The van der Waals surface area contributed by atoms with E-state index in [0.717, 1.165) is 47.0 Å². The van der Waals surface area contributed by atoms with Gasteiger partial charge in [-0.1, -0.05) is 12.1 Å². The zero-order valence-electron chi connectivity index (χ0n) is 18.8. The van der Waals surface area contributed by atoms with Crippen LogP contribution in [0.5, 0.6) is 11.5 Å². The summed E-state index contributed by atoms with van der Waals surface area (Å²) in [5, 5.41) is 5.30. The molecule has 0 spiro atoms. The number of ether oxygens (including phenoxy) is 2. The molecule has 0 aliphatic carbocycles. The van der Waals surface area contributed by atoms with Crippen LogP contribution < -0.4 is 19.7 Å². The maximum atomic E-state index is 12.6. The lowest BCUT2D eigenvalue weighted by Crippen LogP contribution is -2.23. The first-order valence-electron chi connectivity index (χ1n) is 11.1. The fourth-order valence-corrected chi connectivity index (χ4v) is 4.49. The second-order valence-corrected chi connectivity index (χ2v) is 8.46. The van der Waals surface area contributed by atoms with Crippen molar-refractivity contribution in [1.29, 1.82) is 0 Å². The Hall–Kier alpha value is -3.39. The number of aromatic nitrogens is 1. The number of amides is 2. The number of nitrogens with zero attached hydrogens (tertiary/aromatic N) is 2. The second-order valence-electron chi connectivity index (χ2n) is 7.60. The van der Waals surface area contributed by atoms with Crippen molar-refractivity contribution in [3.63, 3.8) is 0 Å². The smallest absolute Gasteiger partial charge is 0.230 e. The Morgan fingerprint density at radius 1 is 1.12 bits per heavy atom. The lowest BCUT2D eigenvalue weighted by molar-refractivity contribution is -0.117. The molecule has 1 aromatic heterocycles. The lowest BCUT2D eigenvalue weighted by atomic mass is 10.1. The molecule has 1 saturated heterocycles. The van der Waals surface area contributed by atoms with Crippen LogP contribution in [0, 0.1) is 0 Å². The van der Waals surface area contributed by atoms with Crippen LogP contribution in [-0.2, 0) is 16.0 Å². The average molecular weight is 466 g/mol. The molecule has 2 aromatic carbocycles. The number of nitrogens with one attached hydrogen (secondary N) is 1. The molecule has 172 valence electrons. The Morgan fingerprint density at radius 3 is 2.61 bits per heavy atom. The molecular weight excluding hydrogens is 438 g/mol. The fourth-order valence-electron chi connectivity index (χ4n) is 3.77. The number of benzene rings is 2. The Balaban J connectivity index is 1.42. The van der Waals surface area contributed by atoms with E-state index in [2.05, 4.69) is 10.3 Å². The molecule has 0 unspecified atom stereocenters. The van der Waals surface area contributed by atoms with Crippen LogP contribution in [0.4, 0.5) is 10.8 Å². The van der Waals surface area contributed by atoms with Gasteiger partial charge in [-0.2, -0.15) is 0 Å². The molecule has 7 nitrogen and oxygen atoms in total. The van der Waals surface area contributed by atoms with Crippen molar-refractivity contribution in [2.24, 2.45) is 0 Å². The summed E-state index contributed by atoms with van der Waals surface area (Å²) < 4.78 is 11.4. The van der Waals surface area contributed by atoms with Gasteiger partial charge < -0.3 is 19.7 Å². The normalized spacial score (nSPS) is 13.3. The molecule has 2 heterocycles. The highest BCUT2D eigenvalue weighted by molar-refractivity contribution is 7.14. The number of carbonyl (C=O) groups is 2. The van der Waals surface area contributed by atoms with E-state index in [4.69, 9.17) is 9.47 Å². The molecule has 0 atom stereocenters. The van der Waals surface area contributed by atoms with Gasteiger partial charge in [-0.25, -0.2) is 4.98 Å². The summed E-state index contributed by atoms with van der Waals surface area (Å²) in [7, 11) is 0. The minimum Gasteiger partial charge on any atom is -0.494 e. The van der Waals surface area contributed by atoms with E-state index in [1.54, 1.807) is 4.90 Å². The topological polar surface area (TPSA) is 80.8 Å². The number of anilines is 2. The van der Waals surface area contributed by atoms with Gasteiger partial charge in [0.1, 0.15) is 11.5 Å². The molecule has 1 N–H and O–H groups in total. The predicted molar refractivity (Wildman–Crippen MR) is 130 cm³/mol. The molecule has 3 aromatic rings. The Labute approximate surface area is 197 Å². The van der Waals surface area contributed by atoms with Crippen molar-refractivity contribution in [3.8, 4) is 22.8 Å². The summed E-state index contributed by atoms with van der Waals surface area (Å²) in [4.78, 5) is 30.8. The van der Waals surface area contributed by atoms with E-state index >= 15 is 0 Å². The standard InChI is InChI=1S/C25H27N3O4S/c1-3-31-19-11-12-22(32-4-2)20(15-19)21-16-33-25(26-21)27-23(29)14-17-7-9-18(10-8-17)28-13-5-6-24(28)30/h7-12,15-16H,3-6,13-14H2,1-2H3,(H,26,27,29). The van der Waals surface area contributed by atoms with E-state index in [1.165, 1.54) is 11.3 Å². The van der Waals surface area contributed by atoms with Crippen molar-refractivity contribution in [1.82, 2.24) is 4.98 Å². The quantitative estimate of drug-likeness (QED) is 0.485. The molecule has 1 aliphatic heterocycles. The predicted octanol–water partition coefficient (Wildman–Crippen LogP) is 4.92. The van der Waals surface area contributed by atoms with Crippen LogP contribution in [0.2, 0.25) is 0 Å². The van der Waals surface area contributed by atoms with Crippen LogP contribution in [0.25, 0.3) is 11.3 Å². The number of rotatable bonds is 9. The van der Waals surface area contributed by atoms with Crippen molar-refractivity contribution in [3.05, 3.63) is 53.4 Å². The zero-order chi connectivity index (χ0) is 23.2. The second kappa shape index (κ2) is 10.5. The molecule has 0 saturated carbocycles. The van der Waals surface area contributed by atoms with E-state index < -0.39 is 0 Å². The third-order valence-corrected chi connectivity index (χ3v) is 6.03. The lowest BCUT2D eigenvalue weighted by Gasteiger charge is -2.15. The van der Waals surface area contributed by atoms with Gasteiger partial charge in [-0.15, -0.1) is 11.3 Å². The van der Waals surface area contributed by atoms with Crippen molar-refractivity contribution in [2.75, 3.05) is 30.0 Å². The van der Waals surface area contributed by atoms with Crippen molar-refractivity contribution < 1.29 is 19.1 Å². The first-order valence-corrected chi connectivity index (χ1v) is 12.0. The third-order valence-electron chi connectivity index (χ3n) is 5.27. The summed E-state index contributed by atoms with van der Waals surface area (Å²) >= 11 is 1.37. The van der Waals surface area contributed by atoms with Gasteiger partial charge >= 0.3 is 0 Å². The van der Waals surface area contributed by atoms with Gasteiger partial charge in [-0.3, -0.25) is 9.59 Å². The Kier molecular flexibility index (Phi) is 7.24. The van der Waals surface area contributed by atoms with E-state index in [1.807, 2.05) is 61.7 Å². The molecule has 4 rings (SSSR count). The molecule has 1 fully saturated rings. The first kappa shape index (κ1) is 22.8. The molecule has 8 heteroatoms. The summed E-state index contributed by atoms with van der Waals surface area (Å²) in [6.07, 6.45) is 1.72. The van der Waals surface area contributed by atoms with E-state index in [-0.39, 0.29) is 18.2 Å². The summed E-state index contributed by atoms with van der Waals surface area (Å²) in [6.45, 7) is 5.73. The number of hydrogen-bond donors (Lipinski definition) is 1. The molecule has 2 amide bonds.